The van der Waals surface area contributed by atoms with Crippen LogP contribution in [0.25, 0.3) is 0 Å². The number of nitrogens with one attached hydrogen (secondary N) is 2. The molecule has 1 fully saturated rings. The van der Waals surface area contributed by atoms with Gasteiger partial charge in [-0.15, -0.1) is 0 Å². The van der Waals surface area contributed by atoms with Gasteiger partial charge in [-0.3, -0.25) is 4.79 Å². The lowest BCUT2D eigenvalue weighted by molar-refractivity contribution is -0.147. The molecule has 9 heteroatoms. The maximum atomic E-state index is 13.0. The van der Waals surface area contributed by atoms with Crippen LogP contribution in [0.1, 0.15) is 76.0 Å². The average Bonchev–Trinajstić information content (AvgIpc) is 2.91. The fourth-order valence-electron chi connectivity index (χ4n) is 4.96. The third kappa shape index (κ3) is 7.58. The second-order valence-electron chi connectivity index (χ2n) is 10.2. The van der Waals surface area contributed by atoms with Crippen LogP contribution in [0.5, 0.6) is 0 Å². The summed E-state index contributed by atoms with van der Waals surface area (Å²) in [5, 5.41) is 6.31. The first-order valence-electron chi connectivity index (χ1n) is 13.3. The highest BCUT2D eigenvalue weighted by Gasteiger charge is 2.39. The number of aryl methyl sites for hydroxylation is 2. The number of carbonyl (C=O) groups is 3. The van der Waals surface area contributed by atoms with E-state index in [2.05, 4.69) is 22.8 Å². The van der Waals surface area contributed by atoms with Crippen molar-refractivity contribution >= 4 is 23.8 Å². The van der Waals surface area contributed by atoms with Crippen LogP contribution in [-0.2, 0) is 31.9 Å². The zero-order chi connectivity index (χ0) is 26.0. The molecule has 1 aromatic heterocycles. The van der Waals surface area contributed by atoms with Crippen molar-refractivity contribution in [1.29, 1.82) is 0 Å². The van der Waals surface area contributed by atoms with E-state index in [1.807, 2.05) is 6.92 Å². The van der Waals surface area contributed by atoms with Gasteiger partial charge in [-0.05, 0) is 56.6 Å². The topological polar surface area (TPSA) is 110 Å². The minimum atomic E-state index is -0.648. The number of hydrogen-bond donors (Lipinski definition) is 2. The molecule has 2 aliphatic rings. The molecule has 9 nitrogen and oxygen atoms in total. The van der Waals surface area contributed by atoms with Gasteiger partial charge in [0.15, 0.2) is 0 Å². The van der Waals surface area contributed by atoms with Gasteiger partial charge in [0.05, 0.1) is 14.2 Å². The fourth-order valence-corrected chi connectivity index (χ4v) is 4.96. The van der Waals surface area contributed by atoms with Gasteiger partial charge < -0.3 is 25.0 Å². The number of hydrogen-bond acceptors (Lipinski definition) is 7. The number of methoxy groups -OCH3 is 2. The first-order chi connectivity index (χ1) is 17.4. The van der Waals surface area contributed by atoms with Crippen molar-refractivity contribution in [3.63, 3.8) is 0 Å². The highest BCUT2D eigenvalue weighted by Crippen LogP contribution is 2.31. The highest BCUT2D eigenvalue weighted by atomic mass is 16.5. The number of aromatic nitrogens is 1. The number of amides is 2. The Kier molecular flexibility index (Phi) is 10.4. The number of pyridine rings is 1. The Bertz CT molecular complexity index is 898. The van der Waals surface area contributed by atoms with E-state index in [9.17, 15) is 14.4 Å². The molecule has 3 heterocycles. The Hall–Kier alpha value is -2.84. The van der Waals surface area contributed by atoms with Crippen molar-refractivity contribution < 1.29 is 23.9 Å². The molecular formula is C27H42N4O5. The molecule has 2 aliphatic heterocycles. The normalized spacial score (nSPS) is 17.4. The van der Waals surface area contributed by atoms with Crippen molar-refractivity contribution in [1.82, 2.24) is 15.2 Å². The lowest BCUT2D eigenvalue weighted by atomic mass is 9.79. The van der Waals surface area contributed by atoms with E-state index in [0.717, 1.165) is 63.0 Å². The number of rotatable bonds is 11. The largest absolute Gasteiger partial charge is 0.467 e. The molecule has 0 bridgehead atoms. The number of anilines is 1. The Labute approximate surface area is 214 Å². The number of ether oxygens (including phenoxy) is 2. The number of esters is 1. The van der Waals surface area contributed by atoms with Gasteiger partial charge in [-0.2, -0.15) is 0 Å². The molecule has 200 valence electrons. The van der Waals surface area contributed by atoms with Crippen LogP contribution >= 0.6 is 0 Å². The van der Waals surface area contributed by atoms with E-state index >= 15 is 0 Å². The lowest BCUT2D eigenvalue weighted by Gasteiger charge is -2.38. The highest BCUT2D eigenvalue weighted by molar-refractivity contribution is 5.88. The Morgan fingerprint density at radius 2 is 1.81 bits per heavy atom. The quantitative estimate of drug-likeness (QED) is 0.349. The molecule has 1 aromatic rings. The van der Waals surface area contributed by atoms with E-state index in [-0.39, 0.29) is 12.0 Å². The van der Waals surface area contributed by atoms with Gasteiger partial charge in [0, 0.05) is 30.7 Å². The van der Waals surface area contributed by atoms with E-state index in [1.165, 1.54) is 26.2 Å². The first kappa shape index (κ1) is 27.7. The number of carbonyl (C=O) groups excluding carboxylic acids is 3. The number of nitrogens with zero attached hydrogens (tertiary/aromatic N) is 2. The monoisotopic (exact) mass is 502 g/mol. The van der Waals surface area contributed by atoms with Gasteiger partial charge in [-0.25, -0.2) is 14.6 Å². The molecule has 2 amide bonds. The summed E-state index contributed by atoms with van der Waals surface area (Å²) in [6, 6.07) is 3.70. The predicted molar refractivity (Wildman–Crippen MR) is 138 cm³/mol. The molecule has 3 rings (SSSR count). The van der Waals surface area contributed by atoms with Gasteiger partial charge in [0.1, 0.15) is 11.9 Å². The average molecular weight is 503 g/mol. The number of likely N-dealkylation sites (tertiary alicyclic amines) is 1. The third-order valence-corrected chi connectivity index (χ3v) is 7.52. The van der Waals surface area contributed by atoms with Crippen molar-refractivity contribution in [3.05, 3.63) is 23.4 Å². The molecule has 0 saturated carbocycles. The predicted octanol–water partition coefficient (Wildman–Crippen LogP) is 3.85. The summed E-state index contributed by atoms with van der Waals surface area (Å²) >= 11 is 0. The third-order valence-electron chi connectivity index (χ3n) is 7.52. The van der Waals surface area contributed by atoms with Crippen LogP contribution in [0.4, 0.5) is 10.6 Å². The van der Waals surface area contributed by atoms with Crippen LogP contribution in [0.3, 0.4) is 0 Å². The van der Waals surface area contributed by atoms with Crippen molar-refractivity contribution in [3.8, 4) is 0 Å². The van der Waals surface area contributed by atoms with Crippen LogP contribution < -0.4 is 10.6 Å². The summed E-state index contributed by atoms with van der Waals surface area (Å²) in [4.78, 5) is 43.4. The van der Waals surface area contributed by atoms with Gasteiger partial charge in [0.25, 0.3) is 0 Å². The molecule has 0 unspecified atom stereocenters. The Morgan fingerprint density at radius 1 is 1.08 bits per heavy atom. The van der Waals surface area contributed by atoms with Gasteiger partial charge in [0.2, 0.25) is 5.91 Å². The molecule has 0 radical (unpaired) electrons. The van der Waals surface area contributed by atoms with Gasteiger partial charge >= 0.3 is 12.1 Å². The minimum absolute atomic E-state index is 0.158. The summed E-state index contributed by atoms with van der Waals surface area (Å²) in [7, 11) is 2.70. The maximum Gasteiger partial charge on any atom is 0.409 e. The molecular weight excluding hydrogens is 460 g/mol. The molecule has 0 aromatic carbocycles. The number of fused-ring (bicyclic) bond motifs is 1. The molecule has 36 heavy (non-hydrogen) atoms. The standard InChI is InChI=1S/C27H42N4O5/c1-27(15-18-31(19-16-27)26(34)36-3)25(33)30-22(24(32)35-2)12-8-6-4-5-7-11-21-14-13-20-10-9-17-28-23(20)29-21/h13-14,22H,4-12,15-19H2,1-3H3,(H,28,29)(H,30,33)/t22-/m0/s1. The molecule has 1 atom stereocenters. The maximum absolute atomic E-state index is 13.0. The Balaban J connectivity index is 1.36. The fraction of sp³-hybridized carbons (Fsp3) is 0.704. The number of piperidine rings is 1. The van der Waals surface area contributed by atoms with E-state index < -0.39 is 17.4 Å². The van der Waals surface area contributed by atoms with Crippen LogP contribution in [0, 0.1) is 5.41 Å². The summed E-state index contributed by atoms with van der Waals surface area (Å²) in [6.45, 7) is 3.80. The van der Waals surface area contributed by atoms with Gasteiger partial charge in [-0.1, -0.05) is 38.7 Å². The summed E-state index contributed by atoms with van der Waals surface area (Å²) in [6.07, 6.45) is 9.59. The first-order valence-corrected chi connectivity index (χ1v) is 13.3. The summed E-state index contributed by atoms with van der Waals surface area (Å²) in [5.74, 6) is 0.484. The SMILES string of the molecule is COC(=O)[C@H](CCCCCCCc1ccc2c(n1)NCCC2)NC(=O)C1(C)CCN(C(=O)OC)CC1. The van der Waals surface area contributed by atoms with Crippen LogP contribution in [0.15, 0.2) is 12.1 Å². The minimum Gasteiger partial charge on any atom is -0.467 e. The molecule has 0 aliphatic carbocycles. The molecule has 2 N–H and O–H groups in total. The number of unbranched alkanes of at least 4 members (excludes halogenated alkanes) is 4. The molecule has 1 saturated heterocycles. The smallest absolute Gasteiger partial charge is 0.409 e. The van der Waals surface area contributed by atoms with Crippen LogP contribution in [0.2, 0.25) is 0 Å². The van der Waals surface area contributed by atoms with E-state index in [0.29, 0.717) is 32.4 Å². The van der Waals surface area contributed by atoms with Crippen molar-refractivity contribution in [2.75, 3.05) is 39.2 Å². The van der Waals surface area contributed by atoms with E-state index in [4.69, 9.17) is 14.5 Å². The lowest BCUT2D eigenvalue weighted by Crippen LogP contribution is -2.52. The zero-order valence-electron chi connectivity index (χ0n) is 22.1. The second kappa shape index (κ2) is 13.5. The van der Waals surface area contributed by atoms with Crippen molar-refractivity contribution in [2.24, 2.45) is 5.41 Å². The Morgan fingerprint density at radius 3 is 2.53 bits per heavy atom. The zero-order valence-corrected chi connectivity index (χ0v) is 22.1. The summed E-state index contributed by atoms with van der Waals surface area (Å²) < 4.78 is 9.72. The van der Waals surface area contributed by atoms with Crippen molar-refractivity contribution in [2.45, 2.75) is 83.6 Å². The summed E-state index contributed by atoms with van der Waals surface area (Å²) in [5.41, 5.74) is 1.83. The second-order valence-corrected chi connectivity index (χ2v) is 10.2. The van der Waals surface area contributed by atoms with E-state index in [1.54, 1.807) is 4.90 Å². The molecule has 0 spiro atoms. The van der Waals surface area contributed by atoms with Crippen LogP contribution in [-0.4, -0.2) is 67.7 Å².